The Morgan fingerprint density at radius 2 is 1.80 bits per heavy atom. The van der Waals surface area contributed by atoms with Crippen LogP contribution in [-0.2, 0) is 4.79 Å². The third kappa shape index (κ3) is 4.15. The van der Waals surface area contributed by atoms with Crippen LogP contribution in [0.1, 0.15) is 33.1 Å². The molecule has 0 spiro atoms. The highest BCUT2D eigenvalue weighted by Crippen LogP contribution is 2.30. The van der Waals surface area contributed by atoms with E-state index in [9.17, 15) is 14.7 Å². The fourth-order valence-corrected chi connectivity index (χ4v) is 3.63. The van der Waals surface area contributed by atoms with Gasteiger partial charge in [0, 0.05) is 30.4 Å². The van der Waals surface area contributed by atoms with E-state index in [4.69, 9.17) is 0 Å². The van der Waals surface area contributed by atoms with Crippen LogP contribution in [0.25, 0.3) is 6.08 Å². The van der Waals surface area contributed by atoms with E-state index in [0.29, 0.717) is 16.8 Å². The van der Waals surface area contributed by atoms with E-state index in [0.717, 1.165) is 11.1 Å². The lowest BCUT2D eigenvalue weighted by Crippen LogP contribution is -2.44. The Labute approximate surface area is 175 Å². The molecule has 3 aromatic rings. The van der Waals surface area contributed by atoms with E-state index < -0.39 is 5.92 Å². The average Bonchev–Trinajstić information content (AvgIpc) is 2.77. The van der Waals surface area contributed by atoms with Gasteiger partial charge >= 0.3 is 0 Å². The Hall–Kier alpha value is -3.73. The smallest absolute Gasteiger partial charge is 0.254 e. The second kappa shape index (κ2) is 8.33. The summed E-state index contributed by atoms with van der Waals surface area (Å²) < 4.78 is 0. The number of likely N-dealkylation sites (tertiary alicyclic amines) is 1. The number of hydrogen-bond acceptors (Lipinski definition) is 4. The molecule has 1 amide bonds. The number of aromatic nitrogens is 1. The monoisotopic (exact) mass is 398 g/mol. The van der Waals surface area contributed by atoms with Crippen LogP contribution in [0, 0.1) is 6.92 Å². The molecule has 0 saturated carbocycles. The van der Waals surface area contributed by atoms with Crippen LogP contribution < -0.4 is 0 Å². The number of hydrogen-bond donors (Lipinski definition) is 1. The second-order valence-electron chi connectivity index (χ2n) is 7.48. The predicted octanol–water partition coefficient (Wildman–Crippen LogP) is 3.99. The highest BCUT2D eigenvalue weighted by atomic mass is 16.3. The number of phenolic OH excluding ortho intramolecular Hbond substituents is 1. The maximum Gasteiger partial charge on any atom is 0.254 e. The van der Waals surface area contributed by atoms with E-state index in [1.807, 2.05) is 49.4 Å². The lowest BCUT2D eigenvalue weighted by atomic mass is 9.85. The molecule has 150 valence electrons. The highest BCUT2D eigenvalue weighted by Gasteiger charge is 2.34. The third-order valence-corrected chi connectivity index (χ3v) is 5.29. The number of aromatic hydroxyl groups is 1. The van der Waals surface area contributed by atoms with Crippen LogP contribution in [0.5, 0.6) is 5.75 Å². The molecule has 1 fully saturated rings. The van der Waals surface area contributed by atoms with Gasteiger partial charge in [-0.1, -0.05) is 35.9 Å². The number of pyridine rings is 1. The lowest BCUT2D eigenvalue weighted by Gasteiger charge is -2.34. The second-order valence-corrected chi connectivity index (χ2v) is 7.48. The van der Waals surface area contributed by atoms with E-state index in [1.165, 1.54) is 0 Å². The van der Waals surface area contributed by atoms with Crippen molar-refractivity contribution in [2.45, 2.75) is 12.8 Å². The maximum absolute atomic E-state index is 13.3. The molecular weight excluding hydrogens is 376 g/mol. The molecule has 1 aliphatic heterocycles. The summed E-state index contributed by atoms with van der Waals surface area (Å²) in [7, 11) is 0. The van der Waals surface area contributed by atoms with Gasteiger partial charge in [0.1, 0.15) is 5.75 Å². The number of aryl methyl sites for hydroxylation is 1. The molecular formula is C25H22N2O3. The minimum atomic E-state index is -0.497. The first-order chi connectivity index (χ1) is 14.5. The van der Waals surface area contributed by atoms with Gasteiger partial charge in [0.15, 0.2) is 5.78 Å². The van der Waals surface area contributed by atoms with Gasteiger partial charge in [0.05, 0.1) is 11.6 Å². The van der Waals surface area contributed by atoms with Gasteiger partial charge < -0.3 is 10.0 Å². The molecule has 1 unspecified atom stereocenters. The van der Waals surface area contributed by atoms with Crippen molar-refractivity contribution in [1.29, 1.82) is 0 Å². The SMILES string of the molecule is Cc1ccc(C(=O)N2CC(=Cc3ccccn3)C(=O)C(c3ccc(O)cc3)C2)cc1. The van der Waals surface area contributed by atoms with Crippen molar-refractivity contribution in [2.24, 2.45) is 0 Å². The topological polar surface area (TPSA) is 70.5 Å². The summed E-state index contributed by atoms with van der Waals surface area (Å²) >= 11 is 0. The molecule has 2 aromatic carbocycles. The zero-order valence-corrected chi connectivity index (χ0v) is 16.7. The minimum Gasteiger partial charge on any atom is -0.508 e. The molecule has 0 bridgehead atoms. The van der Waals surface area contributed by atoms with Crippen molar-refractivity contribution in [1.82, 2.24) is 9.88 Å². The summed E-state index contributed by atoms with van der Waals surface area (Å²) in [5.41, 5.74) is 3.66. The summed E-state index contributed by atoms with van der Waals surface area (Å²) in [4.78, 5) is 32.4. The van der Waals surface area contributed by atoms with Crippen molar-refractivity contribution in [3.8, 4) is 5.75 Å². The van der Waals surface area contributed by atoms with Crippen LogP contribution in [-0.4, -0.2) is 39.8 Å². The molecule has 0 radical (unpaired) electrons. The van der Waals surface area contributed by atoms with Crippen LogP contribution in [0.15, 0.2) is 78.5 Å². The van der Waals surface area contributed by atoms with Gasteiger partial charge in [-0.2, -0.15) is 0 Å². The van der Waals surface area contributed by atoms with Crippen molar-refractivity contribution in [2.75, 3.05) is 13.1 Å². The number of nitrogens with zero attached hydrogens (tertiary/aromatic N) is 2. The van der Waals surface area contributed by atoms with E-state index in [1.54, 1.807) is 41.4 Å². The Balaban J connectivity index is 1.71. The maximum atomic E-state index is 13.3. The van der Waals surface area contributed by atoms with E-state index in [2.05, 4.69) is 4.98 Å². The summed E-state index contributed by atoms with van der Waals surface area (Å²) in [6.45, 7) is 2.49. The molecule has 5 nitrogen and oxygen atoms in total. The Kier molecular flexibility index (Phi) is 5.44. The minimum absolute atomic E-state index is 0.0284. The van der Waals surface area contributed by atoms with Crippen molar-refractivity contribution >= 4 is 17.8 Å². The number of ketones is 1. The van der Waals surface area contributed by atoms with E-state index in [-0.39, 0.29) is 30.5 Å². The number of Topliss-reactive ketones (excluding diaryl/α,β-unsaturated/α-hetero) is 1. The van der Waals surface area contributed by atoms with Gasteiger partial charge in [-0.25, -0.2) is 0 Å². The Bertz CT molecular complexity index is 1090. The number of carbonyl (C=O) groups excluding carboxylic acids is 2. The van der Waals surface area contributed by atoms with Crippen LogP contribution >= 0.6 is 0 Å². The van der Waals surface area contributed by atoms with Gasteiger partial charge in [-0.05, 0) is 55.0 Å². The number of amides is 1. The summed E-state index contributed by atoms with van der Waals surface area (Å²) in [6, 6.07) is 19.5. The number of phenols is 1. The fourth-order valence-electron chi connectivity index (χ4n) is 3.63. The number of piperidine rings is 1. The van der Waals surface area contributed by atoms with Crippen LogP contribution in [0.2, 0.25) is 0 Å². The normalized spacial score (nSPS) is 17.9. The van der Waals surface area contributed by atoms with Gasteiger partial charge in [-0.3, -0.25) is 14.6 Å². The lowest BCUT2D eigenvalue weighted by molar-refractivity contribution is -0.118. The fraction of sp³-hybridized carbons (Fsp3) is 0.160. The zero-order valence-electron chi connectivity index (χ0n) is 16.7. The zero-order chi connectivity index (χ0) is 21.1. The molecule has 1 aromatic heterocycles. The number of rotatable bonds is 3. The predicted molar refractivity (Wildman–Crippen MR) is 115 cm³/mol. The van der Waals surface area contributed by atoms with Crippen LogP contribution in [0.3, 0.4) is 0 Å². The molecule has 1 N–H and O–H groups in total. The Morgan fingerprint density at radius 1 is 1.07 bits per heavy atom. The first-order valence-corrected chi connectivity index (χ1v) is 9.82. The number of benzene rings is 2. The molecule has 4 rings (SSSR count). The highest BCUT2D eigenvalue weighted by molar-refractivity contribution is 6.07. The summed E-state index contributed by atoms with van der Waals surface area (Å²) in [5.74, 6) is -0.500. The van der Waals surface area contributed by atoms with Crippen molar-refractivity contribution in [3.63, 3.8) is 0 Å². The standard InChI is InChI=1S/C25H22N2O3/c1-17-5-7-19(8-6-17)25(30)27-15-20(14-21-4-2-3-13-26-21)24(29)23(16-27)18-9-11-22(28)12-10-18/h2-14,23,28H,15-16H2,1H3. The summed E-state index contributed by atoms with van der Waals surface area (Å²) in [5, 5.41) is 9.61. The molecule has 2 heterocycles. The van der Waals surface area contributed by atoms with Gasteiger partial charge in [0.2, 0.25) is 0 Å². The molecule has 1 aliphatic rings. The van der Waals surface area contributed by atoms with Crippen LogP contribution in [0.4, 0.5) is 0 Å². The Morgan fingerprint density at radius 3 is 2.47 bits per heavy atom. The third-order valence-electron chi connectivity index (χ3n) is 5.29. The van der Waals surface area contributed by atoms with Gasteiger partial charge in [-0.15, -0.1) is 0 Å². The molecule has 0 aliphatic carbocycles. The summed E-state index contributed by atoms with van der Waals surface area (Å²) in [6.07, 6.45) is 3.43. The average molecular weight is 398 g/mol. The first-order valence-electron chi connectivity index (χ1n) is 9.82. The number of carbonyl (C=O) groups is 2. The largest absolute Gasteiger partial charge is 0.508 e. The molecule has 30 heavy (non-hydrogen) atoms. The molecule has 1 saturated heterocycles. The van der Waals surface area contributed by atoms with Crippen molar-refractivity contribution < 1.29 is 14.7 Å². The van der Waals surface area contributed by atoms with Crippen molar-refractivity contribution in [3.05, 3.63) is 101 Å². The molecule has 1 atom stereocenters. The van der Waals surface area contributed by atoms with Gasteiger partial charge in [0.25, 0.3) is 5.91 Å². The molecule has 5 heteroatoms. The first kappa shape index (κ1) is 19.6. The quantitative estimate of drug-likeness (QED) is 0.678. The van der Waals surface area contributed by atoms with E-state index >= 15 is 0 Å².